The number of likely N-dealkylation sites (N-methyl/N-ethyl adjacent to an activating group) is 1. The van der Waals surface area contributed by atoms with E-state index in [2.05, 4.69) is 26.2 Å². The van der Waals surface area contributed by atoms with Crippen molar-refractivity contribution >= 4 is 31.8 Å². The molecule has 1 aliphatic carbocycles. The van der Waals surface area contributed by atoms with Gasteiger partial charge in [-0.1, -0.05) is 12.8 Å². The molecule has 0 aliphatic heterocycles. The highest BCUT2D eigenvalue weighted by Crippen LogP contribution is 2.30. The molecule has 6 nitrogen and oxygen atoms in total. The molecule has 1 aromatic heterocycles. The van der Waals surface area contributed by atoms with Gasteiger partial charge in [-0.2, -0.15) is 4.31 Å². The summed E-state index contributed by atoms with van der Waals surface area (Å²) in [5.41, 5.74) is 0. The molecule has 0 spiro atoms. The van der Waals surface area contributed by atoms with Crippen molar-refractivity contribution in [2.45, 2.75) is 42.7 Å². The van der Waals surface area contributed by atoms with Gasteiger partial charge < -0.3 is 10.4 Å². The first-order valence-corrected chi connectivity index (χ1v) is 9.10. The molecule has 0 radical (unpaired) electrons. The first kappa shape index (κ1) is 16.7. The zero-order valence-electron chi connectivity index (χ0n) is 12.1. The minimum absolute atomic E-state index is 0.111. The van der Waals surface area contributed by atoms with E-state index < -0.39 is 16.1 Å². The van der Waals surface area contributed by atoms with Crippen LogP contribution in [0.15, 0.2) is 21.6 Å². The molecule has 0 amide bonds. The van der Waals surface area contributed by atoms with E-state index in [1.54, 1.807) is 13.2 Å². The molecule has 2 rings (SSSR count). The molecule has 1 heterocycles. The van der Waals surface area contributed by atoms with E-state index in [9.17, 15) is 13.5 Å². The van der Waals surface area contributed by atoms with Crippen molar-refractivity contribution in [1.82, 2.24) is 9.29 Å². The highest BCUT2D eigenvalue weighted by molar-refractivity contribution is 9.10. The number of aliphatic hydroxyl groups is 1. The summed E-state index contributed by atoms with van der Waals surface area (Å²) < 4.78 is 27.5. The van der Waals surface area contributed by atoms with Crippen LogP contribution in [0.25, 0.3) is 0 Å². The van der Waals surface area contributed by atoms with Crippen molar-refractivity contribution in [3.63, 3.8) is 0 Å². The van der Waals surface area contributed by atoms with Crippen LogP contribution in [0.1, 0.15) is 25.7 Å². The summed E-state index contributed by atoms with van der Waals surface area (Å²) in [5.74, 6) is 0.301. The van der Waals surface area contributed by atoms with Crippen LogP contribution in [-0.4, -0.2) is 49.1 Å². The largest absolute Gasteiger partial charge is 0.391 e. The van der Waals surface area contributed by atoms with Gasteiger partial charge in [-0.15, -0.1) is 0 Å². The molecule has 1 saturated carbocycles. The van der Waals surface area contributed by atoms with Crippen LogP contribution in [0, 0.1) is 0 Å². The van der Waals surface area contributed by atoms with E-state index >= 15 is 0 Å². The topological polar surface area (TPSA) is 82.5 Å². The van der Waals surface area contributed by atoms with E-state index in [0.717, 1.165) is 12.8 Å². The molecule has 21 heavy (non-hydrogen) atoms. The van der Waals surface area contributed by atoms with Gasteiger partial charge in [0.2, 0.25) is 10.0 Å². The van der Waals surface area contributed by atoms with Gasteiger partial charge in [0.1, 0.15) is 10.7 Å². The molecule has 2 unspecified atom stereocenters. The number of hydrogen-bond acceptors (Lipinski definition) is 5. The fourth-order valence-electron chi connectivity index (χ4n) is 2.65. The minimum atomic E-state index is -3.72. The van der Waals surface area contributed by atoms with Gasteiger partial charge >= 0.3 is 0 Å². The second-order valence-electron chi connectivity index (χ2n) is 5.19. The lowest BCUT2D eigenvalue weighted by Gasteiger charge is -2.34. The second-order valence-corrected chi connectivity index (χ2v) is 8.07. The Balaban J connectivity index is 2.39. The third-order valence-electron chi connectivity index (χ3n) is 3.87. The third kappa shape index (κ3) is 3.39. The van der Waals surface area contributed by atoms with E-state index in [1.807, 2.05) is 0 Å². The maximum atomic E-state index is 12.8. The predicted octanol–water partition coefficient (Wildman–Crippen LogP) is 1.81. The molecule has 1 aromatic rings. The number of aromatic nitrogens is 1. The molecule has 2 atom stereocenters. The summed E-state index contributed by atoms with van der Waals surface area (Å²) in [6, 6.07) is 1.15. The Kier molecular flexibility index (Phi) is 5.24. The molecule has 2 N–H and O–H groups in total. The SMILES string of the molecule is CNc1ncc(Br)cc1S(=O)(=O)N(C)C1CCCCC1O. The molecule has 0 aromatic carbocycles. The van der Waals surface area contributed by atoms with Crippen molar-refractivity contribution in [2.75, 3.05) is 19.4 Å². The van der Waals surface area contributed by atoms with Crippen LogP contribution in [-0.2, 0) is 10.0 Å². The number of halogens is 1. The quantitative estimate of drug-likeness (QED) is 0.835. The average molecular weight is 378 g/mol. The monoisotopic (exact) mass is 377 g/mol. The fourth-order valence-corrected chi connectivity index (χ4v) is 4.72. The van der Waals surface area contributed by atoms with Crippen LogP contribution in [0.5, 0.6) is 0 Å². The Morgan fingerprint density at radius 3 is 2.71 bits per heavy atom. The van der Waals surface area contributed by atoms with E-state index in [0.29, 0.717) is 23.1 Å². The molecule has 0 saturated heterocycles. The van der Waals surface area contributed by atoms with Gasteiger partial charge in [0.05, 0.1) is 12.1 Å². The number of pyridine rings is 1. The Hall–Kier alpha value is -0.700. The second kappa shape index (κ2) is 6.60. The number of sulfonamides is 1. The number of nitrogens with one attached hydrogen (secondary N) is 1. The van der Waals surface area contributed by atoms with Gasteiger partial charge in [-0.25, -0.2) is 13.4 Å². The zero-order valence-corrected chi connectivity index (χ0v) is 14.5. The third-order valence-corrected chi connectivity index (χ3v) is 6.20. The Bertz CT molecular complexity index is 609. The number of anilines is 1. The average Bonchev–Trinajstić information content (AvgIpc) is 2.47. The molecule has 1 aliphatic rings. The molecule has 1 fully saturated rings. The van der Waals surface area contributed by atoms with Crippen LogP contribution in [0.2, 0.25) is 0 Å². The lowest BCUT2D eigenvalue weighted by molar-refractivity contribution is 0.0638. The number of rotatable bonds is 4. The Labute approximate surface area is 133 Å². The molecular formula is C13H20BrN3O3S. The van der Waals surface area contributed by atoms with Gasteiger partial charge in [-0.3, -0.25) is 0 Å². The van der Waals surface area contributed by atoms with Gasteiger partial charge in [0.25, 0.3) is 0 Å². The van der Waals surface area contributed by atoms with E-state index in [1.165, 1.54) is 17.4 Å². The van der Waals surface area contributed by atoms with Crippen molar-refractivity contribution in [3.05, 3.63) is 16.7 Å². The lowest BCUT2D eigenvalue weighted by Crippen LogP contribution is -2.46. The molecule has 8 heteroatoms. The van der Waals surface area contributed by atoms with Gasteiger partial charge in [0.15, 0.2) is 0 Å². The van der Waals surface area contributed by atoms with Crippen molar-refractivity contribution in [3.8, 4) is 0 Å². The Morgan fingerprint density at radius 2 is 2.10 bits per heavy atom. The highest BCUT2D eigenvalue weighted by atomic mass is 79.9. The van der Waals surface area contributed by atoms with Crippen LogP contribution in [0.4, 0.5) is 5.82 Å². The summed E-state index contributed by atoms with van der Waals surface area (Å²) in [6.07, 6.45) is 4.10. The highest BCUT2D eigenvalue weighted by Gasteiger charge is 2.35. The fraction of sp³-hybridized carbons (Fsp3) is 0.615. The van der Waals surface area contributed by atoms with Crippen molar-refractivity contribution < 1.29 is 13.5 Å². The molecule has 118 valence electrons. The van der Waals surface area contributed by atoms with Crippen LogP contribution >= 0.6 is 15.9 Å². The van der Waals surface area contributed by atoms with Crippen molar-refractivity contribution in [2.24, 2.45) is 0 Å². The van der Waals surface area contributed by atoms with Crippen LogP contribution in [0.3, 0.4) is 0 Å². The van der Waals surface area contributed by atoms with E-state index in [-0.39, 0.29) is 10.9 Å². The van der Waals surface area contributed by atoms with Crippen molar-refractivity contribution in [1.29, 1.82) is 0 Å². The minimum Gasteiger partial charge on any atom is -0.391 e. The standard InChI is InChI=1S/C13H20BrN3O3S/c1-15-13-12(7-9(14)8-16-13)21(19,20)17(2)10-5-3-4-6-11(10)18/h7-8,10-11,18H,3-6H2,1-2H3,(H,15,16). The molecule has 0 bridgehead atoms. The summed E-state index contributed by atoms with van der Waals surface area (Å²) in [7, 11) is -0.566. The smallest absolute Gasteiger partial charge is 0.246 e. The predicted molar refractivity (Wildman–Crippen MR) is 84.7 cm³/mol. The van der Waals surface area contributed by atoms with Gasteiger partial charge in [0, 0.05) is 24.8 Å². The number of nitrogens with zero attached hydrogens (tertiary/aromatic N) is 2. The summed E-state index contributed by atoms with van der Waals surface area (Å²) in [5, 5.41) is 12.9. The van der Waals surface area contributed by atoms with E-state index in [4.69, 9.17) is 0 Å². The Morgan fingerprint density at radius 1 is 1.43 bits per heavy atom. The number of aliphatic hydroxyl groups excluding tert-OH is 1. The maximum absolute atomic E-state index is 12.8. The molecular weight excluding hydrogens is 358 g/mol. The summed E-state index contributed by atoms with van der Waals surface area (Å²) in [6.45, 7) is 0. The zero-order chi connectivity index (χ0) is 15.6. The number of hydrogen-bond donors (Lipinski definition) is 2. The van der Waals surface area contributed by atoms with Gasteiger partial charge in [-0.05, 0) is 34.8 Å². The summed E-state index contributed by atoms with van der Waals surface area (Å²) in [4.78, 5) is 4.19. The maximum Gasteiger partial charge on any atom is 0.246 e. The first-order chi connectivity index (χ1) is 9.87. The normalized spacial score (nSPS) is 23.3. The lowest BCUT2D eigenvalue weighted by atomic mass is 9.93. The first-order valence-electron chi connectivity index (χ1n) is 6.87. The summed E-state index contributed by atoms with van der Waals surface area (Å²) >= 11 is 3.25. The van der Waals surface area contributed by atoms with Crippen LogP contribution < -0.4 is 5.32 Å².